The van der Waals surface area contributed by atoms with Crippen LogP contribution in [0.15, 0.2) is 81.5 Å². The SMILES string of the molecule is CS(=O)(=O)c1ccccc1Sc1ccc2nnc(-c3ccccc3)n2n1. The predicted molar refractivity (Wildman–Crippen MR) is 99.9 cm³/mol. The molecule has 130 valence electrons. The Bertz CT molecular complexity index is 1190. The lowest BCUT2D eigenvalue weighted by atomic mass is 10.2. The van der Waals surface area contributed by atoms with Gasteiger partial charge in [0.25, 0.3) is 0 Å². The van der Waals surface area contributed by atoms with Crippen LogP contribution < -0.4 is 0 Å². The fourth-order valence-electron chi connectivity index (χ4n) is 2.55. The Hall–Kier alpha value is -2.71. The van der Waals surface area contributed by atoms with E-state index in [9.17, 15) is 8.42 Å². The van der Waals surface area contributed by atoms with Gasteiger partial charge in [-0.25, -0.2) is 8.42 Å². The minimum absolute atomic E-state index is 0.291. The van der Waals surface area contributed by atoms with Gasteiger partial charge in [-0.15, -0.1) is 10.2 Å². The van der Waals surface area contributed by atoms with Crippen molar-refractivity contribution in [3.8, 4) is 11.4 Å². The number of hydrogen-bond acceptors (Lipinski definition) is 6. The zero-order valence-electron chi connectivity index (χ0n) is 13.8. The number of aromatic nitrogens is 4. The first kappa shape index (κ1) is 16.7. The first-order chi connectivity index (χ1) is 12.5. The second-order valence-corrected chi connectivity index (χ2v) is 8.70. The van der Waals surface area contributed by atoms with Gasteiger partial charge in [0.15, 0.2) is 21.3 Å². The summed E-state index contributed by atoms with van der Waals surface area (Å²) in [5, 5.41) is 13.6. The normalized spacial score (nSPS) is 11.7. The van der Waals surface area contributed by atoms with E-state index in [-0.39, 0.29) is 0 Å². The topological polar surface area (TPSA) is 77.2 Å². The number of fused-ring (bicyclic) bond motifs is 1. The van der Waals surface area contributed by atoms with Crippen molar-refractivity contribution in [2.24, 2.45) is 0 Å². The summed E-state index contributed by atoms with van der Waals surface area (Å²) in [4.78, 5) is 0.926. The van der Waals surface area contributed by atoms with Crippen molar-refractivity contribution in [3.63, 3.8) is 0 Å². The molecule has 4 aromatic rings. The summed E-state index contributed by atoms with van der Waals surface area (Å²) in [6.45, 7) is 0. The van der Waals surface area contributed by atoms with Crippen LogP contribution in [0.3, 0.4) is 0 Å². The van der Waals surface area contributed by atoms with Gasteiger partial charge in [-0.1, -0.05) is 54.2 Å². The van der Waals surface area contributed by atoms with Crippen molar-refractivity contribution in [3.05, 3.63) is 66.7 Å². The Kier molecular flexibility index (Phi) is 4.21. The van der Waals surface area contributed by atoms with Crippen molar-refractivity contribution in [2.45, 2.75) is 14.8 Å². The smallest absolute Gasteiger partial charge is 0.185 e. The van der Waals surface area contributed by atoms with Crippen LogP contribution in [0.2, 0.25) is 0 Å². The Morgan fingerprint density at radius 2 is 1.62 bits per heavy atom. The fraction of sp³-hybridized carbons (Fsp3) is 0.0556. The van der Waals surface area contributed by atoms with Crippen LogP contribution in [0, 0.1) is 0 Å². The number of sulfone groups is 1. The first-order valence-corrected chi connectivity index (χ1v) is 10.5. The number of rotatable bonds is 4. The van der Waals surface area contributed by atoms with E-state index in [1.165, 1.54) is 18.0 Å². The molecule has 2 aromatic heterocycles. The molecule has 0 aliphatic heterocycles. The van der Waals surface area contributed by atoms with Gasteiger partial charge in [0, 0.05) is 16.7 Å². The summed E-state index contributed by atoms with van der Waals surface area (Å²) in [6.07, 6.45) is 1.20. The zero-order chi connectivity index (χ0) is 18.1. The maximum atomic E-state index is 12.0. The highest BCUT2D eigenvalue weighted by molar-refractivity contribution is 8.00. The highest BCUT2D eigenvalue weighted by Gasteiger charge is 2.15. The van der Waals surface area contributed by atoms with E-state index >= 15 is 0 Å². The molecule has 0 saturated carbocycles. The second-order valence-electron chi connectivity index (χ2n) is 5.65. The number of benzene rings is 2. The van der Waals surface area contributed by atoms with E-state index < -0.39 is 9.84 Å². The largest absolute Gasteiger partial charge is 0.224 e. The summed E-state index contributed by atoms with van der Waals surface area (Å²) >= 11 is 1.30. The third-order valence-corrected chi connectivity index (χ3v) is 6.02. The second kappa shape index (κ2) is 6.54. The highest BCUT2D eigenvalue weighted by Crippen LogP contribution is 2.32. The Labute approximate surface area is 154 Å². The molecule has 4 rings (SSSR count). The molecular formula is C18H14N4O2S2. The molecule has 0 aliphatic rings. The van der Waals surface area contributed by atoms with E-state index in [0.29, 0.717) is 26.3 Å². The molecule has 8 heteroatoms. The minimum Gasteiger partial charge on any atom is -0.224 e. The molecule has 0 atom stereocenters. The van der Waals surface area contributed by atoms with Crippen molar-refractivity contribution >= 4 is 27.2 Å². The minimum atomic E-state index is -3.32. The lowest BCUT2D eigenvalue weighted by Crippen LogP contribution is -2.00. The van der Waals surface area contributed by atoms with Crippen LogP contribution in [0.25, 0.3) is 17.0 Å². The lowest BCUT2D eigenvalue weighted by molar-refractivity contribution is 0.600. The molecule has 26 heavy (non-hydrogen) atoms. The molecule has 6 nitrogen and oxygen atoms in total. The highest BCUT2D eigenvalue weighted by atomic mass is 32.2. The zero-order valence-corrected chi connectivity index (χ0v) is 15.4. The molecule has 0 fully saturated rings. The van der Waals surface area contributed by atoms with Crippen molar-refractivity contribution in [1.82, 2.24) is 19.8 Å². The fourth-order valence-corrected chi connectivity index (χ4v) is 4.68. The van der Waals surface area contributed by atoms with Crippen LogP contribution >= 0.6 is 11.8 Å². The van der Waals surface area contributed by atoms with Crippen molar-refractivity contribution in [1.29, 1.82) is 0 Å². The van der Waals surface area contributed by atoms with Gasteiger partial charge < -0.3 is 0 Å². The number of nitrogens with zero attached hydrogens (tertiary/aromatic N) is 4. The number of hydrogen-bond donors (Lipinski definition) is 0. The van der Waals surface area contributed by atoms with E-state index in [1.54, 1.807) is 22.7 Å². The summed E-state index contributed by atoms with van der Waals surface area (Å²) in [7, 11) is -3.32. The molecule has 2 aromatic carbocycles. The molecule has 0 radical (unpaired) electrons. The van der Waals surface area contributed by atoms with Crippen molar-refractivity contribution in [2.75, 3.05) is 6.26 Å². The van der Waals surface area contributed by atoms with E-state index in [2.05, 4.69) is 15.3 Å². The van der Waals surface area contributed by atoms with Crippen LogP contribution in [-0.4, -0.2) is 34.5 Å². The van der Waals surface area contributed by atoms with Gasteiger partial charge in [-0.3, -0.25) is 0 Å². The van der Waals surface area contributed by atoms with Crippen LogP contribution in [0.1, 0.15) is 0 Å². The Morgan fingerprint density at radius 1 is 0.885 bits per heavy atom. The van der Waals surface area contributed by atoms with Crippen LogP contribution in [0.5, 0.6) is 0 Å². The Morgan fingerprint density at radius 3 is 2.38 bits per heavy atom. The molecule has 2 heterocycles. The van der Waals surface area contributed by atoms with Gasteiger partial charge in [-0.2, -0.15) is 9.61 Å². The van der Waals surface area contributed by atoms with Crippen LogP contribution in [-0.2, 0) is 9.84 Å². The van der Waals surface area contributed by atoms with E-state index in [0.717, 1.165) is 5.56 Å². The summed E-state index contributed by atoms with van der Waals surface area (Å²) in [6, 6.07) is 20.2. The molecule has 0 spiro atoms. The third-order valence-electron chi connectivity index (χ3n) is 3.73. The predicted octanol–water partition coefficient (Wildman–Crippen LogP) is 3.35. The standard InChI is InChI=1S/C18H14N4O2S2/c1-26(23,24)15-10-6-5-9-14(15)25-17-12-11-16-19-20-18(22(16)21-17)13-7-3-2-4-8-13/h2-12H,1H3. The molecule has 0 N–H and O–H groups in total. The Balaban J connectivity index is 1.78. The average Bonchev–Trinajstić information content (AvgIpc) is 3.05. The van der Waals surface area contributed by atoms with Gasteiger partial charge >= 0.3 is 0 Å². The maximum absolute atomic E-state index is 12.0. The van der Waals surface area contributed by atoms with Gasteiger partial charge in [0.2, 0.25) is 0 Å². The van der Waals surface area contributed by atoms with Gasteiger partial charge in [0.05, 0.1) is 4.90 Å². The van der Waals surface area contributed by atoms with E-state index in [1.807, 2.05) is 48.5 Å². The molecule has 0 unspecified atom stereocenters. The van der Waals surface area contributed by atoms with Gasteiger partial charge in [-0.05, 0) is 24.3 Å². The van der Waals surface area contributed by atoms with Gasteiger partial charge in [0.1, 0.15) is 5.03 Å². The monoisotopic (exact) mass is 382 g/mol. The molecular weight excluding hydrogens is 368 g/mol. The summed E-state index contributed by atoms with van der Waals surface area (Å²) in [5.74, 6) is 0.638. The summed E-state index contributed by atoms with van der Waals surface area (Å²) in [5.41, 5.74) is 1.54. The van der Waals surface area contributed by atoms with Crippen LogP contribution in [0.4, 0.5) is 0 Å². The maximum Gasteiger partial charge on any atom is 0.185 e. The molecule has 0 saturated heterocycles. The average molecular weight is 382 g/mol. The first-order valence-electron chi connectivity index (χ1n) is 7.77. The molecule has 0 amide bonds. The molecule has 0 bridgehead atoms. The quantitative estimate of drug-likeness (QED) is 0.539. The third kappa shape index (κ3) is 3.21. The lowest BCUT2D eigenvalue weighted by Gasteiger charge is -2.07. The summed E-state index contributed by atoms with van der Waals surface area (Å²) < 4.78 is 25.7. The van der Waals surface area contributed by atoms with Crippen molar-refractivity contribution < 1.29 is 8.42 Å². The van der Waals surface area contributed by atoms with E-state index in [4.69, 9.17) is 0 Å². The molecule has 0 aliphatic carbocycles.